The van der Waals surface area contributed by atoms with Gasteiger partial charge in [0.1, 0.15) is 0 Å². The first-order chi connectivity index (χ1) is 4.83. The van der Waals surface area contributed by atoms with Gasteiger partial charge in [0.15, 0.2) is 0 Å². The van der Waals surface area contributed by atoms with Crippen LogP contribution in [-0.4, -0.2) is 12.7 Å². The smallest absolute Gasteiger partial charge is 0.0796 e. The predicted molar refractivity (Wildman–Crippen MR) is 42.9 cm³/mol. The zero-order valence-corrected chi connectivity index (χ0v) is 6.63. The normalized spacial score (nSPS) is 27.0. The summed E-state index contributed by atoms with van der Waals surface area (Å²) in [4.78, 5) is 0. The van der Waals surface area contributed by atoms with Crippen LogP contribution in [0.15, 0.2) is 23.8 Å². The van der Waals surface area contributed by atoms with Crippen LogP contribution in [0.3, 0.4) is 0 Å². The Bertz CT molecular complexity index is 156. The van der Waals surface area contributed by atoms with Gasteiger partial charge >= 0.3 is 0 Å². The molecular weight excluding hydrogens is 124 g/mol. The van der Waals surface area contributed by atoms with Crippen LogP contribution in [-0.2, 0) is 4.74 Å². The van der Waals surface area contributed by atoms with Gasteiger partial charge in [0, 0.05) is 0 Å². The molecule has 56 valence electrons. The van der Waals surface area contributed by atoms with Crippen molar-refractivity contribution < 1.29 is 4.74 Å². The quantitative estimate of drug-likeness (QED) is 0.505. The Labute approximate surface area is 62.4 Å². The third kappa shape index (κ3) is 1.99. The van der Waals surface area contributed by atoms with Gasteiger partial charge in [-0.3, -0.25) is 0 Å². The Morgan fingerprint density at radius 2 is 2.50 bits per heavy atom. The summed E-state index contributed by atoms with van der Waals surface area (Å²) >= 11 is 0. The van der Waals surface area contributed by atoms with E-state index in [1.54, 1.807) is 0 Å². The number of hydrogen-bond acceptors (Lipinski definition) is 1. The summed E-state index contributed by atoms with van der Waals surface area (Å²) in [7, 11) is 0. The van der Waals surface area contributed by atoms with E-state index in [9.17, 15) is 0 Å². The highest BCUT2D eigenvalue weighted by Gasteiger charge is 2.08. The minimum Gasteiger partial charge on any atom is -0.370 e. The Hall–Kier alpha value is -0.560. The third-order valence-corrected chi connectivity index (χ3v) is 1.67. The maximum atomic E-state index is 5.43. The topological polar surface area (TPSA) is 9.23 Å². The highest BCUT2D eigenvalue weighted by atomic mass is 16.5. The van der Waals surface area contributed by atoms with Crippen LogP contribution in [0.5, 0.6) is 0 Å². The van der Waals surface area contributed by atoms with Gasteiger partial charge in [0.05, 0.1) is 12.7 Å². The van der Waals surface area contributed by atoms with Crippen molar-refractivity contribution in [2.45, 2.75) is 26.4 Å². The van der Waals surface area contributed by atoms with Gasteiger partial charge in [-0.1, -0.05) is 23.8 Å². The first-order valence-electron chi connectivity index (χ1n) is 3.73. The monoisotopic (exact) mass is 138 g/mol. The van der Waals surface area contributed by atoms with E-state index in [1.807, 2.05) is 13.0 Å². The number of hydrogen-bond donors (Lipinski definition) is 0. The molecule has 0 aromatic carbocycles. The molecule has 0 saturated carbocycles. The van der Waals surface area contributed by atoms with Crippen LogP contribution >= 0.6 is 0 Å². The molecule has 1 heteroatoms. The molecular formula is C9H14O. The standard InChI is InChI=1S/C9H14O/c1-3-4-9-7-8(2)5-6-10-9/h3-5,9H,6-7H2,1-2H3/b4-3+/t9-/m1/s1. The molecule has 1 rings (SSSR count). The molecule has 1 heterocycles. The molecule has 0 saturated heterocycles. The average Bonchev–Trinajstić information content (AvgIpc) is 1.88. The van der Waals surface area contributed by atoms with Crippen LogP contribution in [0.4, 0.5) is 0 Å². The molecule has 1 aliphatic rings. The lowest BCUT2D eigenvalue weighted by Gasteiger charge is -2.18. The molecule has 0 unspecified atom stereocenters. The molecule has 0 bridgehead atoms. The van der Waals surface area contributed by atoms with Gasteiger partial charge in [0.2, 0.25) is 0 Å². The van der Waals surface area contributed by atoms with Gasteiger partial charge in [-0.2, -0.15) is 0 Å². The largest absolute Gasteiger partial charge is 0.370 e. The summed E-state index contributed by atoms with van der Waals surface area (Å²) in [5, 5.41) is 0. The molecule has 1 nitrogen and oxygen atoms in total. The number of rotatable bonds is 1. The van der Waals surface area contributed by atoms with E-state index in [0.29, 0.717) is 6.10 Å². The summed E-state index contributed by atoms with van der Waals surface area (Å²) in [6.45, 7) is 4.96. The summed E-state index contributed by atoms with van der Waals surface area (Å²) < 4.78 is 5.43. The van der Waals surface area contributed by atoms with Crippen molar-refractivity contribution in [2.75, 3.05) is 6.61 Å². The van der Waals surface area contributed by atoms with Crippen molar-refractivity contribution in [3.05, 3.63) is 23.8 Å². The van der Waals surface area contributed by atoms with E-state index in [1.165, 1.54) is 5.57 Å². The predicted octanol–water partition coefficient (Wildman–Crippen LogP) is 2.30. The summed E-state index contributed by atoms with van der Waals surface area (Å²) in [5.41, 5.74) is 1.44. The van der Waals surface area contributed by atoms with E-state index >= 15 is 0 Å². The van der Waals surface area contributed by atoms with Crippen molar-refractivity contribution in [1.82, 2.24) is 0 Å². The minimum atomic E-state index is 0.329. The second-order valence-corrected chi connectivity index (χ2v) is 2.65. The molecule has 0 aromatic heterocycles. The zero-order chi connectivity index (χ0) is 7.40. The Morgan fingerprint density at radius 1 is 1.70 bits per heavy atom. The molecule has 0 aromatic rings. The number of allylic oxidation sites excluding steroid dienone is 1. The van der Waals surface area contributed by atoms with Crippen LogP contribution in [0.25, 0.3) is 0 Å². The highest BCUT2D eigenvalue weighted by Crippen LogP contribution is 2.14. The second kappa shape index (κ2) is 3.57. The maximum absolute atomic E-state index is 5.43. The lowest BCUT2D eigenvalue weighted by molar-refractivity contribution is 0.0987. The summed E-state index contributed by atoms with van der Waals surface area (Å²) in [5.74, 6) is 0. The maximum Gasteiger partial charge on any atom is 0.0796 e. The fourth-order valence-electron chi connectivity index (χ4n) is 1.11. The van der Waals surface area contributed by atoms with Gasteiger partial charge in [-0.05, 0) is 20.3 Å². The first kappa shape index (κ1) is 7.55. The molecule has 0 radical (unpaired) electrons. The Balaban J connectivity index is 2.45. The SMILES string of the molecule is C/C=C/[C@@H]1CC(C)=CCO1. The lowest BCUT2D eigenvalue weighted by Crippen LogP contribution is -2.14. The minimum absolute atomic E-state index is 0.329. The van der Waals surface area contributed by atoms with E-state index < -0.39 is 0 Å². The Morgan fingerprint density at radius 3 is 3.10 bits per heavy atom. The molecule has 0 N–H and O–H groups in total. The fourth-order valence-corrected chi connectivity index (χ4v) is 1.11. The number of ether oxygens (including phenoxy) is 1. The fraction of sp³-hybridized carbons (Fsp3) is 0.556. The van der Waals surface area contributed by atoms with Crippen molar-refractivity contribution in [1.29, 1.82) is 0 Å². The molecule has 1 atom stereocenters. The Kier molecular flexibility index (Phi) is 2.69. The summed E-state index contributed by atoms with van der Waals surface area (Å²) in [6, 6.07) is 0. The van der Waals surface area contributed by atoms with Crippen LogP contribution in [0.2, 0.25) is 0 Å². The highest BCUT2D eigenvalue weighted by molar-refractivity contribution is 5.07. The molecule has 0 fully saturated rings. The van der Waals surface area contributed by atoms with Gasteiger partial charge < -0.3 is 4.74 Å². The first-order valence-corrected chi connectivity index (χ1v) is 3.73. The second-order valence-electron chi connectivity index (χ2n) is 2.65. The van der Waals surface area contributed by atoms with Crippen LogP contribution in [0.1, 0.15) is 20.3 Å². The van der Waals surface area contributed by atoms with E-state index in [-0.39, 0.29) is 0 Å². The van der Waals surface area contributed by atoms with Crippen LogP contribution < -0.4 is 0 Å². The molecule has 0 aliphatic carbocycles. The lowest BCUT2D eigenvalue weighted by atomic mass is 10.1. The van der Waals surface area contributed by atoms with E-state index in [4.69, 9.17) is 4.74 Å². The van der Waals surface area contributed by atoms with Crippen LogP contribution in [0, 0.1) is 0 Å². The van der Waals surface area contributed by atoms with E-state index in [2.05, 4.69) is 19.1 Å². The van der Waals surface area contributed by atoms with Crippen molar-refractivity contribution in [3.8, 4) is 0 Å². The molecule has 0 amide bonds. The van der Waals surface area contributed by atoms with Crippen molar-refractivity contribution in [2.24, 2.45) is 0 Å². The van der Waals surface area contributed by atoms with Crippen molar-refractivity contribution >= 4 is 0 Å². The zero-order valence-electron chi connectivity index (χ0n) is 6.63. The average molecular weight is 138 g/mol. The third-order valence-electron chi connectivity index (χ3n) is 1.67. The molecule has 10 heavy (non-hydrogen) atoms. The molecule has 0 spiro atoms. The van der Waals surface area contributed by atoms with Crippen molar-refractivity contribution in [3.63, 3.8) is 0 Å². The van der Waals surface area contributed by atoms with Gasteiger partial charge in [-0.15, -0.1) is 0 Å². The van der Waals surface area contributed by atoms with Gasteiger partial charge in [0.25, 0.3) is 0 Å². The van der Waals surface area contributed by atoms with E-state index in [0.717, 1.165) is 13.0 Å². The summed E-state index contributed by atoms with van der Waals surface area (Å²) in [6.07, 6.45) is 7.68. The van der Waals surface area contributed by atoms with Gasteiger partial charge in [-0.25, -0.2) is 0 Å². The molecule has 1 aliphatic heterocycles.